The van der Waals surface area contributed by atoms with Gasteiger partial charge in [0.25, 0.3) is 0 Å². The van der Waals surface area contributed by atoms with Gasteiger partial charge in [0.05, 0.1) is 25.7 Å². The van der Waals surface area contributed by atoms with E-state index >= 15 is 0 Å². The first-order valence-electron chi connectivity index (χ1n) is 10.1. The Bertz CT molecular complexity index is 679. The summed E-state index contributed by atoms with van der Waals surface area (Å²) in [4.78, 5) is 31.1. The lowest BCUT2D eigenvalue weighted by molar-refractivity contribution is -0.133. The predicted molar refractivity (Wildman–Crippen MR) is 109 cm³/mol. The number of benzene rings is 1. The molecule has 154 valence electrons. The van der Waals surface area contributed by atoms with Crippen LogP contribution < -0.4 is 0 Å². The summed E-state index contributed by atoms with van der Waals surface area (Å²) >= 11 is 6.18. The summed E-state index contributed by atoms with van der Waals surface area (Å²) in [5, 5.41) is 0.625. The van der Waals surface area contributed by atoms with Gasteiger partial charge in [0.2, 0.25) is 11.8 Å². The number of carbonyl (C=O) groups excluding carboxylic acids is 2. The number of morpholine rings is 1. The Kier molecular flexibility index (Phi) is 7.71. The molecule has 2 amide bonds. The molecular weight excluding hydrogens is 378 g/mol. The smallest absolute Gasteiger partial charge is 0.227 e. The van der Waals surface area contributed by atoms with Crippen molar-refractivity contribution in [3.8, 4) is 0 Å². The fraction of sp³-hybridized carbons (Fsp3) is 0.619. The quantitative estimate of drug-likeness (QED) is 0.694. The molecule has 0 aliphatic carbocycles. The van der Waals surface area contributed by atoms with E-state index in [1.54, 1.807) is 6.92 Å². The van der Waals surface area contributed by atoms with E-state index in [2.05, 4.69) is 4.90 Å². The fourth-order valence-corrected chi connectivity index (χ4v) is 4.23. The zero-order valence-electron chi connectivity index (χ0n) is 16.6. The summed E-state index contributed by atoms with van der Waals surface area (Å²) in [5.41, 5.74) is 0.853. The van der Waals surface area contributed by atoms with Gasteiger partial charge in [-0.3, -0.25) is 14.5 Å². The molecule has 3 rings (SSSR count). The molecule has 0 bridgehead atoms. The average Bonchev–Trinajstić information content (AvgIpc) is 3.17. The van der Waals surface area contributed by atoms with Crippen LogP contribution in [-0.4, -0.2) is 85.0 Å². The van der Waals surface area contributed by atoms with Crippen LogP contribution in [0.4, 0.5) is 0 Å². The van der Waals surface area contributed by atoms with Gasteiger partial charge in [-0.15, -0.1) is 0 Å². The molecule has 2 fully saturated rings. The number of carbonyl (C=O) groups is 2. The maximum atomic E-state index is 12.7. The molecule has 1 aromatic carbocycles. The van der Waals surface area contributed by atoms with Gasteiger partial charge in [0.15, 0.2) is 0 Å². The van der Waals surface area contributed by atoms with Crippen molar-refractivity contribution >= 4 is 23.4 Å². The number of ether oxygens (including phenoxy) is 1. The van der Waals surface area contributed by atoms with E-state index in [0.29, 0.717) is 24.5 Å². The Balaban J connectivity index is 1.48. The highest BCUT2D eigenvalue weighted by Gasteiger charge is 2.31. The third-order valence-electron chi connectivity index (χ3n) is 5.64. The number of hydrogen-bond acceptors (Lipinski definition) is 4. The zero-order chi connectivity index (χ0) is 19.9. The van der Waals surface area contributed by atoms with E-state index in [0.717, 1.165) is 57.8 Å². The molecule has 2 heterocycles. The molecular formula is C21H30ClN3O3. The molecule has 1 atom stereocenters. The maximum Gasteiger partial charge on any atom is 0.227 e. The number of rotatable bonds is 7. The Morgan fingerprint density at radius 3 is 2.68 bits per heavy atom. The zero-order valence-corrected chi connectivity index (χ0v) is 17.4. The highest BCUT2D eigenvalue weighted by Crippen LogP contribution is 2.20. The maximum absolute atomic E-state index is 12.7. The number of amides is 2. The van der Waals surface area contributed by atoms with Crippen LogP contribution >= 0.6 is 11.6 Å². The van der Waals surface area contributed by atoms with Crippen LogP contribution in [0, 0.1) is 0 Å². The van der Waals surface area contributed by atoms with E-state index in [4.69, 9.17) is 16.3 Å². The van der Waals surface area contributed by atoms with E-state index in [9.17, 15) is 9.59 Å². The lowest BCUT2D eigenvalue weighted by atomic mass is 10.1. The lowest BCUT2D eigenvalue weighted by Gasteiger charge is -2.30. The normalized spacial score (nSPS) is 20.4. The second-order valence-electron chi connectivity index (χ2n) is 7.57. The molecule has 6 nitrogen and oxygen atoms in total. The Morgan fingerprint density at radius 1 is 1.21 bits per heavy atom. The van der Waals surface area contributed by atoms with Gasteiger partial charge < -0.3 is 14.5 Å². The minimum absolute atomic E-state index is 0.0763. The van der Waals surface area contributed by atoms with Gasteiger partial charge in [-0.05, 0) is 24.5 Å². The molecule has 2 aliphatic heterocycles. The number of likely N-dealkylation sites (tertiary alicyclic amines) is 1. The molecule has 1 aromatic rings. The lowest BCUT2D eigenvalue weighted by Crippen LogP contribution is -2.44. The summed E-state index contributed by atoms with van der Waals surface area (Å²) < 4.78 is 5.38. The standard InChI is InChI=1S/C21H30ClN3O3/c1-17(26)25(9-4-8-23-11-13-28-14-12-23)19-7-10-24(16-19)21(27)15-18-5-2-3-6-20(18)22/h2-3,5-6,19H,4,7-16H2,1H3. The molecule has 0 aromatic heterocycles. The van der Waals surface area contributed by atoms with Crippen molar-refractivity contribution in [2.45, 2.75) is 32.2 Å². The second kappa shape index (κ2) is 10.2. The van der Waals surface area contributed by atoms with Gasteiger partial charge >= 0.3 is 0 Å². The third-order valence-corrected chi connectivity index (χ3v) is 6.01. The molecule has 0 radical (unpaired) electrons. The summed E-state index contributed by atoms with van der Waals surface area (Å²) in [5.74, 6) is 0.166. The van der Waals surface area contributed by atoms with E-state index < -0.39 is 0 Å². The third kappa shape index (κ3) is 5.69. The summed E-state index contributed by atoms with van der Waals surface area (Å²) in [6.45, 7) is 8.17. The Morgan fingerprint density at radius 2 is 1.96 bits per heavy atom. The molecule has 0 N–H and O–H groups in total. The van der Waals surface area contributed by atoms with Crippen molar-refractivity contribution < 1.29 is 14.3 Å². The van der Waals surface area contributed by atoms with Gasteiger partial charge in [-0.2, -0.15) is 0 Å². The monoisotopic (exact) mass is 407 g/mol. The molecule has 0 saturated carbocycles. The average molecular weight is 408 g/mol. The molecule has 1 unspecified atom stereocenters. The van der Waals surface area contributed by atoms with Crippen LogP contribution in [0.1, 0.15) is 25.3 Å². The SMILES string of the molecule is CC(=O)N(CCCN1CCOCC1)C1CCN(C(=O)Cc2ccccc2Cl)C1. The van der Waals surface area contributed by atoms with Crippen molar-refractivity contribution in [1.82, 2.24) is 14.7 Å². The molecule has 7 heteroatoms. The van der Waals surface area contributed by atoms with Crippen LogP contribution in [0.15, 0.2) is 24.3 Å². The Labute approximate surface area is 172 Å². The highest BCUT2D eigenvalue weighted by molar-refractivity contribution is 6.31. The fourth-order valence-electron chi connectivity index (χ4n) is 4.03. The minimum Gasteiger partial charge on any atom is -0.379 e. The van der Waals surface area contributed by atoms with Gasteiger partial charge in [-0.1, -0.05) is 29.8 Å². The Hall–Kier alpha value is -1.63. The van der Waals surface area contributed by atoms with Crippen LogP contribution in [0.3, 0.4) is 0 Å². The largest absolute Gasteiger partial charge is 0.379 e. The number of halogens is 1. The van der Waals surface area contributed by atoms with Crippen molar-refractivity contribution in [3.05, 3.63) is 34.9 Å². The molecule has 2 aliphatic rings. The van der Waals surface area contributed by atoms with Crippen molar-refractivity contribution in [2.75, 3.05) is 52.5 Å². The van der Waals surface area contributed by atoms with E-state index in [1.165, 1.54) is 0 Å². The second-order valence-corrected chi connectivity index (χ2v) is 7.98. The number of nitrogens with zero attached hydrogens (tertiary/aromatic N) is 3. The van der Waals surface area contributed by atoms with Crippen molar-refractivity contribution in [3.63, 3.8) is 0 Å². The van der Waals surface area contributed by atoms with Gasteiger partial charge in [0, 0.05) is 51.2 Å². The van der Waals surface area contributed by atoms with Crippen molar-refractivity contribution in [2.24, 2.45) is 0 Å². The molecule has 0 spiro atoms. The first-order chi connectivity index (χ1) is 13.5. The highest BCUT2D eigenvalue weighted by atomic mass is 35.5. The van der Waals surface area contributed by atoms with E-state index in [1.807, 2.05) is 34.1 Å². The molecule has 2 saturated heterocycles. The first kappa shape index (κ1) is 21.1. The topological polar surface area (TPSA) is 53.1 Å². The first-order valence-corrected chi connectivity index (χ1v) is 10.5. The molecule has 28 heavy (non-hydrogen) atoms. The van der Waals surface area contributed by atoms with E-state index in [-0.39, 0.29) is 17.9 Å². The van der Waals surface area contributed by atoms with Crippen LogP contribution in [0.2, 0.25) is 5.02 Å². The summed E-state index contributed by atoms with van der Waals surface area (Å²) in [7, 11) is 0. The summed E-state index contributed by atoms with van der Waals surface area (Å²) in [6.07, 6.45) is 2.10. The minimum atomic E-state index is 0.0763. The predicted octanol–water partition coefficient (Wildman–Crippen LogP) is 2.05. The van der Waals surface area contributed by atoms with Gasteiger partial charge in [-0.25, -0.2) is 0 Å². The number of hydrogen-bond donors (Lipinski definition) is 0. The van der Waals surface area contributed by atoms with Crippen LogP contribution in [0.5, 0.6) is 0 Å². The summed E-state index contributed by atoms with van der Waals surface area (Å²) in [6, 6.07) is 7.57. The van der Waals surface area contributed by atoms with Gasteiger partial charge in [0.1, 0.15) is 0 Å². The van der Waals surface area contributed by atoms with Crippen LogP contribution in [-0.2, 0) is 20.7 Å². The van der Waals surface area contributed by atoms with Crippen LogP contribution in [0.25, 0.3) is 0 Å². The van der Waals surface area contributed by atoms with Crippen molar-refractivity contribution in [1.29, 1.82) is 0 Å².